The van der Waals surface area contributed by atoms with E-state index < -0.39 is 0 Å². The molecule has 0 saturated carbocycles. The number of Topliss-reactive ketones (excluding diaryl/α,β-unsaturated/α-hetero) is 1. The third-order valence-electron chi connectivity index (χ3n) is 3.18. The molecule has 0 amide bonds. The molecule has 0 aliphatic heterocycles. The van der Waals surface area contributed by atoms with Gasteiger partial charge in [0.1, 0.15) is 5.78 Å². The van der Waals surface area contributed by atoms with Crippen molar-refractivity contribution in [3.8, 4) is 0 Å². The number of hydrogen-bond acceptors (Lipinski definition) is 2. The maximum Gasteiger partial charge on any atom is 0.149 e. The van der Waals surface area contributed by atoms with Gasteiger partial charge in [-0.15, -0.1) is 13.2 Å². The van der Waals surface area contributed by atoms with Crippen molar-refractivity contribution in [3.05, 3.63) is 25.3 Å². The van der Waals surface area contributed by atoms with Crippen molar-refractivity contribution in [1.29, 1.82) is 0 Å². The zero-order valence-corrected chi connectivity index (χ0v) is 10.7. The van der Waals surface area contributed by atoms with Crippen LogP contribution in [0.4, 0.5) is 0 Å². The Kier molecular flexibility index (Phi) is 7.82. The van der Waals surface area contributed by atoms with Gasteiger partial charge in [0.25, 0.3) is 0 Å². The molecule has 0 saturated heterocycles. The minimum atomic E-state index is -0.341. The number of carbonyl (C=O) groups excluding carboxylic acids is 1. The van der Waals surface area contributed by atoms with Gasteiger partial charge in [0.15, 0.2) is 0 Å². The van der Waals surface area contributed by atoms with E-state index in [0.29, 0.717) is 0 Å². The van der Waals surface area contributed by atoms with E-state index >= 15 is 0 Å². The Morgan fingerprint density at radius 3 is 1.88 bits per heavy atom. The van der Waals surface area contributed by atoms with E-state index in [4.69, 9.17) is 0 Å². The van der Waals surface area contributed by atoms with Crippen LogP contribution in [0.25, 0.3) is 0 Å². The number of hydrogen-bond donors (Lipinski definition) is 1. The van der Waals surface area contributed by atoms with Gasteiger partial charge in [-0.3, -0.25) is 4.79 Å². The van der Waals surface area contributed by atoms with Gasteiger partial charge in [0, 0.05) is 0 Å². The lowest BCUT2D eigenvalue weighted by atomic mass is 9.84. The smallest absolute Gasteiger partial charge is 0.149 e. The number of rotatable bonds is 10. The lowest BCUT2D eigenvalue weighted by Gasteiger charge is -2.31. The van der Waals surface area contributed by atoms with E-state index in [9.17, 15) is 4.79 Å². The van der Waals surface area contributed by atoms with E-state index in [1.165, 1.54) is 0 Å². The second-order valence-corrected chi connectivity index (χ2v) is 4.25. The summed E-state index contributed by atoms with van der Waals surface area (Å²) >= 11 is 0. The minimum Gasteiger partial charge on any atom is -0.308 e. The highest BCUT2D eigenvalue weighted by Crippen LogP contribution is 2.22. The molecule has 0 aromatic rings. The third kappa shape index (κ3) is 4.75. The molecule has 0 unspecified atom stereocenters. The van der Waals surface area contributed by atoms with Crippen LogP contribution in [0.1, 0.15) is 45.4 Å². The number of carbonyl (C=O) groups is 1. The highest BCUT2D eigenvalue weighted by Gasteiger charge is 2.31. The van der Waals surface area contributed by atoms with Crippen molar-refractivity contribution in [3.63, 3.8) is 0 Å². The van der Waals surface area contributed by atoms with E-state index in [2.05, 4.69) is 18.5 Å². The fourth-order valence-corrected chi connectivity index (χ4v) is 2.00. The van der Waals surface area contributed by atoms with E-state index in [1.807, 2.05) is 19.2 Å². The molecule has 0 fully saturated rings. The van der Waals surface area contributed by atoms with Crippen molar-refractivity contribution in [2.24, 2.45) is 0 Å². The quantitative estimate of drug-likeness (QED) is 0.455. The number of ketones is 1. The van der Waals surface area contributed by atoms with Gasteiger partial charge in [0.05, 0.1) is 5.54 Å². The van der Waals surface area contributed by atoms with Gasteiger partial charge in [-0.2, -0.15) is 0 Å². The van der Waals surface area contributed by atoms with Crippen molar-refractivity contribution in [2.75, 3.05) is 7.05 Å². The van der Waals surface area contributed by atoms with Crippen LogP contribution in [-0.2, 0) is 4.79 Å². The van der Waals surface area contributed by atoms with Crippen LogP contribution in [0.2, 0.25) is 0 Å². The predicted octanol–water partition coefficient (Wildman–Crippen LogP) is 3.25. The van der Waals surface area contributed by atoms with Crippen LogP contribution in [0.5, 0.6) is 0 Å². The zero-order chi connectivity index (χ0) is 12.4. The molecule has 0 aliphatic rings. The third-order valence-corrected chi connectivity index (χ3v) is 3.18. The molecule has 0 heterocycles. The number of unbranched alkanes of at least 4 members (excludes halogenated alkanes) is 2. The summed E-state index contributed by atoms with van der Waals surface area (Å²) in [6.07, 6.45) is 9.56. The molecule has 1 N–H and O–H groups in total. The fourth-order valence-electron chi connectivity index (χ4n) is 2.00. The molecule has 0 radical (unpaired) electrons. The van der Waals surface area contributed by atoms with Gasteiger partial charge in [-0.05, 0) is 52.5 Å². The summed E-state index contributed by atoms with van der Waals surface area (Å²) in [7, 11) is 1.88. The summed E-state index contributed by atoms with van der Waals surface area (Å²) in [6.45, 7) is 9.09. The predicted molar refractivity (Wildman–Crippen MR) is 70.6 cm³/mol. The van der Waals surface area contributed by atoms with Crippen LogP contribution in [0.3, 0.4) is 0 Å². The van der Waals surface area contributed by atoms with Crippen LogP contribution >= 0.6 is 0 Å². The van der Waals surface area contributed by atoms with E-state index in [0.717, 1.165) is 38.5 Å². The van der Waals surface area contributed by atoms with Crippen LogP contribution in [0.15, 0.2) is 25.3 Å². The molecule has 0 atom stereocenters. The largest absolute Gasteiger partial charge is 0.308 e. The number of likely N-dealkylation sites (N-methyl/N-ethyl adjacent to an activating group) is 1. The molecule has 0 spiro atoms. The first-order valence-corrected chi connectivity index (χ1v) is 6.04. The Morgan fingerprint density at radius 1 is 1.19 bits per heavy atom. The Bertz CT molecular complexity index is 219. The molecule has 92 valence electrons. The Labute approximate surface area is 99.8 Å². The summed E-state index contributed by atoms with van der Waals surface area (Å²) in [5.41, 5.74) is -0.341. The van der Waals surface area contributed by atoms with Crippen LogP contribution in [0, 0.1) is 0 Å². The minimum absolute atomic E-state index is 0.239. The molecule has 0 aliphatic carbocycles. The topological polar surface area (TPSA) is 29.1 Å². The Hall–Kier alpha value is -0.890. The molecule has 2 heteroatoms. The monoisotopic (exact) mass is 223 g/mol. The van der Waals surface area contributed by atoms with E-state index in [1.54, 1.807) is 6.92 Å². The molecule has 2 nitrogen and oxygen atoms in total. The van der Waals surface area contributed by atoms with Crippen molar-refractivity contribution >= 4 is 5.78 Å². The molecular formula is C14H25NO. The second-order valence-electron chi connectivity index (χ2n) is 4.25. The highest BCUT2D eigenvalue weighted by molar-refractivity contribution is 5.86. The lowest BCUT2D eigenvalue weighted by molar-refractivity contribution is -0.123. The Morgan fingerprint density at radius 2 is 1.62 bits per heavy atom. The molecule has 0 rings (SSSR count). The SMILES string of the molecule is C=CCCCC(CCCC=C)(NC)C(C)=O. The first kappa shape index (κ1) is 15.1. The van der Waals surface area contributed by atoms with Gasteiger partial charge in [-0.1, -0.05) is 12.2 Å². The van der Waals surface area contributed by atoms with Gasteiger partial charge < -0.3 is 5.32 Å². The van der Waals surface area contributed by atoms with E-state index in [-0.39, 0.29) is 11.3 Å². The van der Waals surface area contributed by atoms with Gasteiger partial charge >= 0.3 is 0 Å². The van der Waals surface area contributed by atoms with Gasteiger partial charge in [0.2, 0.25) is 0 Å². The second kappa shape index (κ2) is 8.28. The average molecular weight is 223 g/mol. The zero-order valence-electron chi connectivity index (χ0n) is 10.7. The summed E-state index contributed by atoms with van der Waals surface area (Å²) in [4.78, 5) is 11.8. The van der Waals surface area contributed by atoms with Crippen molar-refractivity contribution < 1.29 is 4.79 Å². The normalized spacial score (nSPS) is 11.1. The molecule has 0 bridgehead atoms. The molecule has 0 aromatic carbocycles. The van der Waals surface area contributed by atoms with Gasteiger partial charge in [-0.25, -0.2) is 0 Å². The number of allylic oxidation sites excluding steroid dienone is 2. The summed E-state index contributed by atoms with van der Waals surface area (Å²) in [5, 5.41) is 3.21. The lowest BCUT2D eigenvalue weighted by Crippen LogP contribution is -2.49. The Balaban J connectivity index is 4.38. The standard InChI is InChI=1S/C14H25NO/c1-5-7-9-11-14(15-4,13(3)16)12-10-8-6-2/h5-6,15H,1-2,7-12H2,3-4H3. The summed E-state index contributed by atoms with van der Waals surface area (Å²) in [6, 6.07) is 0. The first-order chi connectivity index (χ1) is 7.63. The fraction of sp³-hybridized carbons (Fsp3) is 0.643. The molecular weight excluding hydrogens is 198 g/mol. The van der Waals surface area contributed by atoms with Crippen LogP contribution in [-0.4, -0.2) is 18.4 Å². The maximum absolute atomic E-state index is 11.8. The van der Waals surface area contributed by atoms with Crippen LogP contribution < -0.4 is 5.32 Å². The highest BCUT2D eigenvalue weighted by atomic mass is 16.1. The summed E-state index contributed by atoms with van der Waals surface area (Å²) in [5.74, 6) is 0.239. The number of nitrogens with one attached hydrogen (secondary N) is 1. The maximum atomic E-state index is 11.8. The average Bonchev–Trinajstić information content (AvgIpc) is 2.27. The summed E-state index contributed by atoms with van der Waals surface area (Å²) < 4.78 is 0. The van der Waals surface area contributed by atoms with Crippen molar-refractivity contribution in [2.45, 2.75) is 51.0 Å². The molecule has 0 aromatic heterocycles. The molecule has 16 heavy (non-hydrogen) atoms. The first-order valence-electron chi connectivity index (χ1n) is 6.04. The van der Waals surface area contributed by atoms with Crippen molar-refractivity contribution in [1.82, 2.24) is 5.32 Å².